The van der Waals surface area contributed by atoms with E-state index in [-0.39, 0.29) is 24.2 Å². The van der Waals surface area contributed by atoms with Crippen molar-refractivity contribution in [2.24, 2.45) is 5.92 Å². The molecule has 4 nitrogen and oxygen atoms in total. The highest BCUT2D eigenvalue weighted by Gasteiger charge is 2.21. The predicted octanol–water partition coefficient (Wildman–Crippen LogP) is 3.47. The molecule has 1 unspecified atom stereocenters. The Labute approximate surface area is 146 Å². The fourth-order valence-corrected chi connectivity index (χ4v) is 2.57. The summed E-state index contributed by atoms with van der Waals surface area (Å²) in [7, 11) is 0. The maximum absolute atomic E-state index is 13.0. The van der Waals surface area contributed by atoms with Crippen LogP contribution >= 0.6 is 0 Å². The number of nitrogens with zero attached hydrogens (tertiary/aromatic N) is 1. The molecule has 2 aromatic carbocycles. The first-order valence-electron chi connectivity index (χ1n) is 8.18. The summed E-state index contributed by atoms with van der Waals surface area (Å²) in [5.74, 6) is -0.368. The van der Waals surface area contributed by atoms with Gasteiger partial charge >= 0.3 is 0 Å². The van der Waals surface area contributed by atoms with E-state index in [1.807, 2.05) is 13.8 Å². The van der Waals surface area contributed by atoms with Crippen molar-refractivity contribution in [2.75, 3.05) is 13.1 Å². The molecular formula is C20H22FNO3. The van der Waals surface area contributed by atoms with E-state index in [2.05, 4.69) is 0 Å². The number of hydrogen-bond acceptors (Lipinski definition) is 3. The molecule has 0 aromatic heterocycles. The van der Waals surface area contributed by atoms with E-state index in [4.69, 9.17) is 0 Å². The lowest BCUT2D eigenvalue weighted by atomic mass is 10.1. The lowest BCUT2D eigenvalue weighted by molar-refractivity contribution is 0.0594. The van der Waals surface area contributed by atoms with Crippen molar-refractivity contribution in [1.29, 1.82) is 0 Å². The van der Waals surface area contributed by atoms with Crippen LogP contribution in [0.3, 0.4) is 0 Å². The van der Waals surface area contributed by atoms with Gasteiger partial charge in [0.15, 0.2) is 0 Å². The molecule has 5 heteroatoms. The van der Waals surface area contributed by atoms with Gasteiger partial charge in [0.2, 0.25) is 0 Å². The summed E-state index contributed by atoms with van der Waals surface area (Å²) in [5.41, 5.74) is 1.51. The lowest BCUT2D eigenvalue weighted by Gasteiger charge is -2.27. The van der Waals surface area contributed by atoms with Crippen molar-refractivity contribution in [2.45, 2.75) is 20.0 Å². The molecule has 0 fully saturated rings. The highest BCUT2D eigenvalue weighted by Crippen LogP contribution is 2.18. The topological polar surface area (TPSA) is 57.6 Å². The van der Waals surface area contributed by atoms with Gasteiger partial charge in [-0.25, -0.2) is 4.39 Å². The van der Waals surface area contributed by atoms with E-state index in [0.717, 1.165) is 6.29 Å². The predicted molar refractivity (Wildman–Crippen MR) is 93.9 cm³/mol. The molecule has 1 atom stereocenters. The molecule has 1 N–H and O–H groups in total. The molecule has 0 heterocycles. The summed E-state index contributed by atoms with van der Waals surface area (Å²) in [6.45, 7) is 4.56. The second kappa shape index (κ2) is 8.53. The minimum absolute atomic E-state index is 0.109. The zero-order valence-electron chi connectivity index (χ0n) is 14.4. The fourth-order valence-electron chi connectivity index (χ4n) is 2.57. The van der Waals surface area contributed by atoms with Crippen LogP contribution in [0.4, 0.5) is 4.39 Å². The number of rotatable bonds is 7. The van der Waals surface area contributed by atoms with Gasteiger partial charge in [0, 0.05) is 17.7 Å². The van der Waals surface area contributed by atoms with Crippen molar-refractivity contribution in [3.8, 4) is 0 Å². The molecule has 2 aromatic rings. The Bertz CT molecular complexity index is 711. The van der Waals surface area contributed by atoms with Gasteiger partial charge in [-0.15, -0.1) is 0 Å². The molecule has 0 saturated carbocycles. The average molecular weight is 343 g/mol. The highest BCUT2D eigenvalue weighted by atomic mass is 19.1. The SMILES string of the molecule is CC(C)CN(CC(O)c1ccc(F)cc1)C(=O)c1ccc(C=O)cc1. The van der Waals surface area contributed by atoms with Crippen molar-refractivity contribution < 1.29 is 19.1 Å². The number of halogens is 1. The van der Waals surface area contributed by atoms with Gasteiger partial charge in [-0.2, -0.15) is 0 Å². The Balaban J connectivity index is 2.17. The van der Waals surface area contributed by atoms with E-state index in [9.17, 15) is 19.1 Å². The quantitative estimate of drug-likeness (QED) is 0.783. The fraction of sp³-hybridized carbons (Fsp3) is 0.300. The van der Waals surface area contributed by atoms with E-state index in [0.29, 0.717) is 23.2 Å². The van der Waals surface area contributed by atoms with Crippen molar-refractivity contribution in [3.63, 3.8) is 0 Å². The Morgan fingerprint density at radius 2 is 1.68 bits per heavy atom. The smallest absolute Gasteiger partial charge is 0.253 e. The van der Waals surface area contributed by atoms with Gasteiger partial charge < -0.3 is 10.0 Å². The van der Waals surface area contributed by atoms with Crippen LogP contribution in [0.15, 0.2) is 48.5 Å². The standard InChI is InChI=1S/C20H22FNO3/c1-14(2)11-22(12-19(24)16-7-9-18(21)10-8-16)20(25)17-5-3-15(13-23)4-6-17/h3-10,13-14,19,24H,11-12H2,1-2H3. The third kappa shape index (κ3) is 5.22. The molecule has 25 heavy (non-hydrogen) atoms. The first kappa shape index (κ1) is 18.8. The first-order valence-corrected chi connectivity index (χ1v) is 8.18. The van der Waals surface area contributed by atoms with Crippen LogP contribution in [-0.4, -0.2) is 35.3 Å². The van der Waals surface area contributed by atoms with Gasteiger partial charge in [0.25, 0.3) is 5.91 Å². The number of aldehydes is 1. The van der Waals surface area contributed by atoms with Gasteiger partial charge in [-0.1, -0.05) is 38.1 Å². The number of carbonyl (C=O) groups is 2. The van der Waals surface area contributed by atoms with E-state index in [1.54, 1.807) is 29.2 Å². The van der Waals surface area contributed by atoms with Crippen LogP contribution in [0.5, 0.6) is 0 Å². The van der Waals surface area contributed by atoms with Crippen LogP contribution in [-0.2, 0) is 0 Å². The monoisotopic (exact) mass is 343 g/mol. The molecule has 0 aliphatic carbocycles. The Morgan fingerprint density at radius 1 is 1.08 bits per heavy atom. The molecule has 0 saturated heterocycles. The summed E-state index contributed by atoms with van der Waals surface area (Å²) in [6.07, 6.45) is -0.184. The van der Waals surface area contributed by atoms with Crippen LogP contribution in [0, 0.1) is 11.7 Å². The van der Waals surface area contributed by atoms with Crippen LogP contribution < -0.4 is 0 Å². The summed E-state index contributed by atoms with van der Waals surface area (Å²) < 4.78 is 13.0. The zero-order valence-corrected chi connectivity index (χ0v) is 14.4. The molecular weight excluding hydrogens is 321 g/mol. The van der Waals surface area contributed by atoms with Crippen LogP contribution in [0.2, 0.25) is 0 Å². The third-order valence-corrected chi connectivity index (χ3v) is 3.81. The maximum Gasteiger partial charge on any atom is 0.253 e. The number of carbonyl (C=O) groups excluding carboxylic acids is 2. The van der Waals surface area contributed by atoms with E-state index in [1.165, 1.54) is 24.3 Å². The first-order chi connectivity index (χ1) is 11.9. The normalized spacial score (nSPS) is 12.0. The van der Waals surface area contributed by atoms with Gasteiger partial charge in [0.1, 0.15) is 12.1 Å². The number of aliphatic hydroxyl groups is 1. The largest absolute Gasteiger partial charge is 0.387 e. The zero-order chi connectivity index (χ0) is 18.4. The third-order valence-electron chi connectivity index (χ3n) is 3.81. The Kier molecular flexibility index (Phi) is 6.42. The minimum Gasteiger partial charge on any atom is -0.387 e. The number of amides is 1. The minimum atomic E-state index is -0.905. The lowest BCUT2D eigenvalue weighted by Crippen LogP contribution is -2.37. The molecule has 0 aliphatic heterocycles. The second-order valence-electron chi connectivity index (χ2n) is 6.41. The number of aliphatic hydroxyl groups excluding tert-OH is 1. The Morgan fingerprint density at radius 3 is 2.20 bits per heavy atom. The van der Waals surface area contributed by atoms with Crippen molar-refractivity contribution in [3.05, 3.63) is 71.0 Å². The van der Waals surface area contributed by atoms with E-state index < -0.39 is 6.10 Å². The molecule has 0 radical (unpaired) electrons. The van der Waals surface area contributed by atoms with Crippen molar-refractivity contribution in [1.82, 2.24) is 4.90 Å². The van der Waals surface area contributed by atoms with Crippen LogP contribution in [0.1, 0.15) is 46.2 Å². The molecule has 1 amide bonds. The van der Waals surface area contributed by atoms with Gasteiger partial charge in [-0.05, 0) is 35.7 Å². The average Bonchev–Trinajstić information content (AvgIpc) is 2.60. The van der Waals surface area contributed by atoms with Gasteiger partial charge in [-0.3, -0.25) is 9.59 Å². The number of benzene rings is 2. The maximum atomic E-state index is 13.0. The number of hydrogen-bond donors (Lipinski definition) is 1. The molecule has 2 rings (SSSR count). The van der Waals surface area contributed by atoms with Crippen LogP contribution in [0.25, 0.3) is 0 Å². The summed E-state index contributed by atoms with van der Waals surface area (Å²) in [6, 6.07) is 12.0. The Hall–Kier alpha value is -2.53. The summed E-state index contributed by atoms with van der Waals surface area (Å²) in [4.78, 5) is 25.1. The van der Waals surface area contributed by atoms with Crippen molar-refractivity contribution >= 4 is 12.2 Å². The molecule has 132 valence electrons. The van der Waals surface area contributed by atoms with Gasteiger partial charge in [0.05, 0.1) is 12.6 Å². The molecule has 0 aliphatic rings. The summed E-state index contributed by atoms with van der Waals surface area (Å²) >= 11 is 0. The summed E-state index contributed by atoms with van der Waals surface area (Å²) in [5, 5.41) is 10.4. The van der Waals surface area contributed by atoms with E-state index >= 15 is 0 Å². The molecule has 0 spiro atoms. The highest BCUT2D eigenvalue weighted by molar-refractivity contribution is 5.95. The molecule has 0 bridgehead atoms. The second-order valence-corrected chi connectivity index (χ2v) is 6.41.